The number of aromatic nitrogens is 2. The standard InChI is InChI=1S/C20H16N4O4S/c1-2-28-20(27)14-9-13(10-21)19(24-18(14)26)29-11-16(25)23-15-7-3-5-12-6-4-8-22-17(12)15/h3-9H,2,11H2,1H3,(H,23,25)(H,24,26). The van der Waals surface area contributed by atoms with E-state index in [1.165, 1.54) is 6.07 Å². The molecule has 0 bridgehead atoms. The summed E-state index contributed by atoms with van der Waals surface area (Å²) in [6, 6.07) is 12.2. The summed E-state index contributed by atoms with van der Waals surface area (Å²) in [5, 5.41) is 13.2. The first-order chi connectivity index (χ1) is 14.0. The molecular formula is C20H16N4O4S. The van der Waals surface area contributed by atoms with Gasteiger partial charge in [0.2, 0.25) is 5.91 Å². The minimum absolute atomic E-state index is 0.0490. The van der Waals surface area contributed by atoms with Crippen molar-refractivity contribution >= 4 is 40.2 Å². The second-order valence-corrected chi connectivity index (χ2v) is 6.79. The molecule has 1 aromatic carbocycles. The molecule has 2 aromatic heterocycles. The number of aromatic amines is 1. The number of carbonyl (C=O) groups is 2. The molecule has 8 nitrogen and oxygen atoms in total. The summed E-state index contributed by atoms with van der Waals surface area (Å²) in [6.07, 6.45) is 1.64. The summed E-state index contributed by atoms with van der Waals surface area (Å²) in [7, 11) is 0. The molecule has 3 aromatic rings. The first-order valence-corrected chi connectivity index (χ1v) is 9.63. The fourth-order valence-electron chi connectivity index (χ4n) is 2.60. The molecule has 2 N–H and O–H groups in total. The molecule has 0 radical (unpaired) electrons. The largest absolute Gasteiger partial charge is 0.462 e. The third kappa shape index (κ3) is 4.62. The summed E-state index contributed by atoms with van der Waals surface area (Å²) in [5.41, 5.74) is 0.388. The van der Waals surface area contributed by atoms with E-state index in [9.17, 15) is 19.6 Å². The molecule has 0 unspecified atom stereocenters. The predicted molar refractivity (Wildman–Crippen MR) is 109 cm³/mol. The highest BCUT2D eigenvalue weighted by molar-refractivity contribution is 8.00. The topological polar surface area (TPSA) is 125 Å². The van der Waals surface area contributed by atoms with Crippen molar-refractivity contribution in [3.05, 3.63) is 64.1 Å². The number of nitrogens with zero attached hydrogens (tertiary/aromatic N) is 2. The van der Waals surface area contributed by atoms with Gasteiger partial charge in [-0.25, -0.2) is 4.79 Å². The zero-order valence-electron chi connectivity index (χ0n) is 15.4. The number of benzene rings is 1. The van der Waals surface area contributed by atoms with E-state index in [0.717, 1.165) is 17.1 Å². The van der Waals surface area contributed by atoms with Gasteiger partial charge < -0.3 is 15.0 Å². The van der Waals surface area contributed by atoms with Crippen LogP contribution in [0.25, 0.3) is 10.9 Å². The van der Waals surface area contributed by atoms with Crippen molar-refractivity contribution in [2.45, 2.75) is 11.9 Å². The second kappa shape index (κ2) is 9.03. The third-order valence-electron chi connectivity index (χ3n) is 3.88. The van der Waals surface area contributed by atoms with E-state index >= 15 is 0 Å². The molecule has 0 aliphatic carbocycles. The van der Waals surface area contributed by atoms with Crippen LogP contribution in [0.4, 0.5) is 5.69 Å². The molecule has 0 atom stereocenters. The number of amides is 1. The van der Waals surface area contributed by atoms with E-state index in [1.54, 1.807) is 19.2 Å². The van der Waals surface area contributed by atoms with E-state index in [1.807, 2.05) is 30.3 Å². The molecular weight excluding hydrogens is 392 g/mol. The van der Waals surface area contributed by atoms with Crippen molar-refractivity contribution in [2.75, 3.05) is 17.7 Å². The van der Waals surface area contributed by atoms with Crippen LogP contribution in [0.2, 0.25) is 0 Å². The molecule has 0 aliphatic rings. The van der Waals surface area contributed by atoms with Gasteiger partial charge in [-0.3, -0.25) is 14.6 Å². The van der Waals surface area contributed by atoms with Crippen LogP contribution in [0.3, 0.4) is 0 Å². The van der Waals surface area contributed by atoms with Crippen molar-refractivity contribution in [1.29, 1.82) is 5.26 Å². The molecule has 29 heavy (non-hydrogen) atoms. The van der Waals surface area contributed by atoms with Crippen LogP contribution in [0, 0.1) is 11.3 Å². The zero-order valence-corrected chi connectivity index (χ0v) is 16.2. The van der Waals surface area contributed by atoms with Gasteiger partial charge in [-0.2, -0.15) is 5.26 Å². The number of esters is 1. The summed E-state index contributed by atoms with van der Waals surface area (Å²) in [4.78, 5) is 43.0. The summed E-state index contributed by atoms with van der Waals surface area (Å²) < 4.78 is 4.80. The number of nitriles is 1. The second-order valence-electron chi connectivity index (χ2n) is 5.80. The van der Waals surface area contributed by atoms with Crippen LogP contribution in [0.15, 0.2) is 52.4 Å². The van der Waals surface area contributed by atoms with Crippen LogP contribution >= 0.6 is 11.8 Å². The Hall–Kier alpha value is -3.64. The van der Waals surface area contributed by atoms with Gasteiger partial charge in [0.25, 0.3) is 5.56 Å². The number of hydrogen-bond acceptors (Lipinski definition) is 7. The lowest BCUT2D eigenvalue weighted by atomic mass is 10.2. The van der Waals surface area contributed by atoms with Crippen LogP contribution < -0.4 is 10.9 Å². The van der Waals surface area contributed by atoms with Crippen LogP contribution in [-0.2, 0) is 9.53 Å². The van der Waals surface area contributed by atoms with Crippen LogP contribution in [0.1, 0.15) is 22.8 Å². The number of nitrogens with one attached hydrogen (secondary N) is 2. The van der Waals surface area contributed by atoms with Gasteiger partial charge in [0.05, 0.1) is 34.2 Å². The van der Waals surface area contributed by atoms with E-state index in [2.05, 4.69) is 15.3 Å². The van der Waals surface area contributed by atoms with E-state index in [0.29, 0.717) is 11.2 Å². The highest BCUT2D eigenvalue weighted by Gasteiger charge is 2.17. The number of thioether (sulfide) groups is 1. The maximum Gasteiger partial charge on any atom is 0.343 e. The van der Waals surface area contributed by atoms with Crippen LogP contribution in [-0.4, -0.2) is 34.2 Å². The fraction of sp³-hybridized carbons (Fsp3) is 0.150. The molecule has 0 spiro atoms. The van der Waals surface area contributed by atoms with Gasteiger partial charge in [-0.1, -0.05) is 30.0 Å². The lowest BCUT2D eigenvalue weighted by molar-refractivity contribution is -0.113. The first-order valence-electron chi connectivity index (χ1n) is 8.64. The van der Waals surface area contributed by atoms with Gasteiger partial charge in [0, 0.05) is 11.6 Å². The van der Waals surface area contributed by atoms with Gasteiger partial charge in [-0.05, 0) is 25.1 Å². The Bertz CT molecular complexity index is 1180. The molecule has 146 valence electrons. The molecule has 0 saturated heterocycles. The van der Waals surface area contributed by atoms with E-state index in [4.69, 9.17) is 4.74 Å². The summed E-state index contributed by atoms with van der Waals surface area (Å²) in [5.74, 6) is -1.18. The highest BCUT2D eigenvalue weighted by atomic mass is 32.2. The number of hydrogen-bond donors (Lipinski definition) is 2. The van der Waals surface area contributed by atoms with Crippen LogP contribution in [0.5, 0.6) is 0 Å². The number of H-pyrrole nitrogens is 1. The van der Waals surface area contributed by atoms with Crippen molar-refractivity contribution in [3.63, 3.8) is 0 Å². The van der Waals surface area contributed by atoms with E-state index < -0.39 is 11.5 Å². The number of carbonyl (C=O) groups excluding carboxylic acids is 2. The van der Waals surface area contributed by atoms with Crippen molar-refractivity contribution in [3.8, 4) is 6.07 Å². The molecule has 0 aliphatic heterocycles. The van der Waals surface area contributed by atoms with Gasteiger partial charge in [0.15, 0.2) is 0 Å². The van der Waals surface area contributed by atoms with Crippen molar-refractivity contribution < 1.29 is 14.3 Å². The molecule has 2 heterocycles. The summed E-state index contributed by atoms with van der Waals surface area (Å²) >= 11 is 0.990. The quantitative estimate of drug-likeness (QED) is 0.474. The molecule has 9 heteroatoms. The minimum atomic E-state index is -0.803. The molecule has 0 fully saturated rings. The van der Waals surface area contributed by atoms with Crippen molar-refractivity contribution in [2.24, 2.45) is 0 Å². The number of anilines is 1. The molecule has 1 amide bonds. The van der Waals surface area contributed by atoms with Gasteiger partial charge in [0.1, 0.15) is 11.6 Å². The normalized spacial score (nSPS) is 10.3. The smallest absolute Gasteiger partial charge is 0.343 e. The summed E-state index contributed by atoms with van der Waals surface area (Å²) in [6.45, 7) is 1.73. The minimum Gasteiger partial charge on any atom is -0.462 e. The number of pyridine rings is 2. The van der Waals surface area contributed by atoms with Crippen molar-refractivity contribution in [1.82, 2.24) is 9.97 Å². The monoisotopic (exact) mass is 408 g/mol. The average Bonchev–Trinajstić information content (AvgIpc) is 2.72. The zero-order chi connectivity index (χ0) is 20.8. The van der Waals surface area contributed by atoms with Gasteiger partial charge >= 0.3 is 5.97 Å². The van der Waals surface area contributed by atoms with E-state index in [-0.39, 0.29) is 34.4 Å². The first kappa shape index (κ1) is 20.1. The highest BCUT2D eigenvalue weighted by Crippen LogP contribution is 2.23. The number of para-hydroxylation sites is 1. The molecule has 3 rings (SSSR count). The molecule has 0 saturated carbocycles. The number of fused-ring (bicyclic) bond motifs is 1. The average molecular weight is 408 g/mol. The Morgan fingerprint density at radius 1 is 1.31 bits per heavy atom. The Kier molecular flexibility index (Phi) is 6.26. The number of ether oxygens (including phenoxy) is 1. The Morgan fingerprint density at radius 2 is 2.10 bits per heavy atom. The lowest BCUT2D eigenvalue weighted by Crippen LogP contribution is -2.21. The maximum atomic E-state index is 12.4. The Labute approximate surface area is 169 Å². The number of rotatable bonds is 6. The lowest BCUT2D eigenvalue weighted by Gasteiger charge is -2.09. The fourth-order valence-corrected chi connectivity index (χ4v) is 3.37. The Balaban J connectivity index is 1.74. The third-order valence-corrected chi connectivity index (χ3v) is 4.89. The predicted octanol–water partition coefficient (Wildman–Crippen LogP) is 2.70. The van der Waals surface area contributed by atoms with Gasteiger partial charge in [-0.15, -0.1) is 0 Å². The Morgan fingerprint density at radius 3 is 2.86 bits per heavy atom. The maximum absolute atomic E-state index is 12.4. The SMILES string of the molecule is CCOC(=O)c1cc(C#N)c(SCC(=O)Nc2cccc3cccnc23)[nH]c1=O.